The predicted molar refractivity (Wildman–Crippen MR) is 142 cm³/mol. The van der Waals surface area contributed by atoms with E-state index in [0.717, 1.165) is 60.7 Å². The molecule has 2 N–H and O–H groups in total. The number of nitrogens with one attached hydrogen (secondary N) is 2. The number of amides is 2. The van der Waals surface area contributed by atoms with Gasteiger partial charge >= 0.3 is 6.03 Å². The van der Waals surface area contributed by atoms with Crippen molar-refractivity contribution >= 4 is 28.4 Å². The van der Waals surface area contributed by atoms with Crippen LogP contribution in [0.25, 0.3) is 0 Å². The second kappa shape index (κ2) is 12.0. The first kappa shape index (κ1) is 24.9. The van der Waals surface area contributed by atoms with Crippen LogP contribution < -0.4 is 20.3 Å². The highest BCUT2D eigenvalue weighted by atomic mass is 32.1. The number of carbonyl (C=O) groups is 1. The minimum atomic E-state index is -0.168. The Morgan fingerprint density at radius 3 is 2.60 bits per heavy atom. The molecule has 0 bridgehead atoms. The number of methoxy groups -OCH3 is 1. The van der Waals surface area contributed by atoms with E-state index in [1.165, 1.54) is 17.1 Å². The highest BCUT2D eigenvalue weighted by Gasteiger charge is 2.20. The van der Waals surface area contributed by atoms with Gasteiger partial charge in [-0.3, -0.25) is 4.90 Å². The summed E-state index contributed by atoms with van der Waals surface area (Å²) in [6, 6.07) is 15.9. The van der Waals surface area contributed by atoms with Gasteiger partial charge in [-0.05, 0) is 41.3 Å². The van der Waals surface area contributed by atoms with Gasteiger partial charge in [0.15, 0.2) is 0 Å². The van der Waals surface area contributed by atoms with Crippen LogP contribution in [0.4, 0.5) is 15.6 Å². The molecule has 35 heavy (non-hydrogen) atoms. The summed E-state index contributed by atoms with van der Waals surface area (Å²) in [4.78, 5) is 21.6. The summed E-state index contributed by atoms with van der Waals surface area (Å²) >= 11 is 1.46. The standard InChI is InChI=1S/C26H34N6O2S/c1-19(2)21-7-9-22(10-8-21)28-25(33)27-11-12-31-13-15-32(16-14-31)26-29-24(30-35-26)18-20-5-4-6-23(17-20)34-3/h4-10,17,19H,11-16,18H2,1-3H3,(H2,27,28,33). The summed E-state index contributed by atoms with van der Waals surface area (Å²) in [5.41, 5.74) is 3.21. The van der Waals surface area contributed by atoms with Crippen molar-refractivity contribution in [2.45, 2.75) is 26.2 Å². The molecular weight excluding hydrogens is 460 g/mol. The average Bonchev–Trinajstić information content (AvgIpc) is 3.33. The van der Waals surface area contributed by atoms with E-state index in [-0.39, 0.29) is 6.03 Å². The fourth-order valence-corrected chi connectivity index (χ4v) is 4.76. The normalized spacial score (nSPS) is 14.2. The number of aromatic nitrogens is 2. The molecule has 1 aliphatic heterocycles. The molecule has 2 aromatic carbocycles. The van der Waals surface area contributed by atoms with Crippen LogP contribution in [-0.2, 0) is 6.42 Å². The fraction of sp³-hybridized carbons (Fsp3) is 0.423. The third kappa shape index (κ3) is 7.16. The zero-order valence-corrected chi connectivity index (χ0v) is 21.5. The Bertz CT molecular complexity index is 1090. The summed E-state index contributed by atoms with van der Waals surface area (Å²) in [6.45, 7) is 9.43. The topological polar surface area (TPSA) is 82.6 Å². The highest BCUT2D eigenvalue weighted by Crippen LogP contribution is 2.22. The molecule has 4 rings (SSSR count). The van der Waals surface area contributed by atoms with Crippen LogP contribution in [0.5, 0.6) is 5.75 Å². The second-order valence-corrected chi connectivity index (χ2v) is 9.74. The van der Waals surface area contributed by atoms with Crippen molar-refractivity contribution in [3.8, 4) is 5.75 Å². The maximum Gasteiger partial charge on any atom is 0.319 e. The van der Waals surface area contributed by atoms with E-state index in [0.29, 0.717) is 18.9 Å². The zero-order chi connectivity index (χ0) is 24.6. The smallest absolute Gasteiger partial charge is 0.319 e. The third-order valence-corrected chi connectivity index (χ3v) is 6.96. The van der Waals surface area contributed by atoms with E-state index in [4.69, 9.17) is 9.72 Å². The number of ether oxygens (including phenoxy) is 1. The molecule has 2 heterocycles. The van der Waals surface area contributed by atoms with Crippen LogP contribution in [0.15, 0.2) is 48.5 Å². The molecule has 9 heteroatoms. The van der Waals surface area contributed by atoms with Crippen molar-refractivity contribution in [3.63, 3.8) is 0 Å². The molecule has 0 unspecified atom stereocenters. The number of urea groups is 1. The van der Waals surface area contributed by atoms with Gasteiger partial charge in [0.2, 0.25) is 5.13 Å². The average molecular weight is 495 g/mol. The zero-order valence-electron chi connectivity index (χ0n) is 20.7. The minimum absolute atomic E-state index is 0.168. The number of nitrogens with zero attached hydrogens (tertiary/aromatic N) is 4. The van der Waals surface area contributed by atoms with Crippen LogP contribution in [0.1, 0.15) is 36.7 Å². The lowest BCUT2D eigenvalue weighted by Crippen LogP contribution is -2.48. The van der Waals surface area contributed by atoms with Crippen molar-refractivity contribution < 1.29 is 9.53 Å². The quantitative estimate of drug-likeness (QED) is 0.464. The summed E-state index contributed by atoms with van der Waals surface area (Å²) in [7, 11) is 1.68. The lowest BCUT2D eigenvalue weighted by molar-refractivity contribution is 0.240. The van der Waals surface area contributed by atoms with E-state index in [1.807, 2.05) is 30.3 Å². The van der Waals surface area contributed by atoms with Crippen LogP contribution in [-0.4, -0.2) is 66.7 Å². The number of carbonyl (C=O) groups excluding carboxylic acids is 1. The van der Waals surface area contributed by atoms with Gasteiger partial charge in [0.05, 0.1) is 7.11 Å². The van der Waals surface area contributed by atoms with Crippen molar-refractivity contribution in [1.29, 1.82) is 0 Å². The molecule has 0 aliphatic carbocycles. The number of hydrogen-bond donors (Lipinski definition) is 2. The summed E-state index contributed by atoms with van der Waals surface area (Å²) in [5, 5.41) is 6.84. The number of benzene rings is 2. The maximum atomic E-state index is 12.2. The predicted octanol–water partition coefficient (Wildman–Crippen LogP) is 4.20. The molecule has 0 radical (unpaired) electrons. The lowest BCUT2D eigenvalue weighted by atomic mass is 10.0. The van der Waals surface area contributed by atoms with Crippen molar-refractivity contribution in [1.82, 2.24) is 19.6 Å². The van der Waals surface area contributed by atoms with Crippen LogP contribution in [0.3, 0.4) is 0 Å². The highest BCUT2D eigenvalue weighted by molar-refractivity contribution is 7.09. The first-order valence-corrected chi connectivity index (χ1v) is 12.8. The fourth-order valence-electron chi connectivity index (χ4n) is 4.03. The van der Waals surface area contributed by atoms with E-state index in [9.17, 15) is 4.79 Å². The molecular formula is C26H34N6O2S. The summed E-state index contributed by atoms with van der Waals surface area (Å²) in [5.74, 6) is 2.17. The molecule has 0 saturated carbocycles. The van der Waals surface area contributed by atoms with Gasteiger partial charge < -0.3 is 20.3 Å². The van der Waals surface area contributed by atoms with Crippen molar-refractivity contribution in [2.75, 3.05) is 56.6 Å². The Kier molecular flexibility index (Phi) is 8.54. The van der Waals surface area contributed by atoms with Crippen LogP contribution in [0, 0.1) is 0 Å². The van der Waals surface area contributed by atoms with E-state index in [2.05, 4.69) is 56.9 Å². The minimum Gasteiger partial charge on any atom is -0.497 e. The molecule has 1 fully saturated rings. The molecule has 8 nitrogen and oxygen atoms in total. The van der Waals surface area contributed by atoms with Gasteiger partial charge in [0.25, 0.3) is 0 Å². The second-order valence-electron chi connectivity index (χ2n) is 9.01. The Balaban J connectivity index is 1.16. The van der Waals surface area contributed by atoms with E-state index >= 15 is 0 Å². The molecule has 0 spiro atoms. The van der Waals surface area contributed by atoms with Crippen LogP contribution >= 0.6 is 11.5 Å². The Hall–Kier alpha value is -3.17. The molecule has 0 atom stereocenters. The first-order valence-electron chi connectivity index (χ1n) is 12.1. The molecule has 186 valence electrons. The van der Waals surface area contributed by atoms with Crippen LogP contribution in [0.2, 0.25) is 0 Å². The lowest BCUT2D eigenvalue weighted by Gasteiger charge is -2.34. The number of piperazine rings is 1. The molecule has 1 aromatic heterocycles. The molecule has 1 saturated heterocycles. The Morgan fingerprint density at radius 1 is 1.11 bits per heavy atom. The van der Waals surface area contributed by atoms with Gasteiger partial charge in [0.1, 0.15) is 11.6 Å². The Labute approximate surface area is 211 Å². The number of rotatable bonds is 9. The third-order valence-electron chi connectivity index (χ3n) is 6.15. The number of hydrogen-bond acceptors (Lipinski definition) is 7. The van der Waals surface area contributed by atoms with Gasteiger partial charge in [-0.2, -0.15) is 4.37 Å². The van der Waals surface area contributed by atoms with Gasteiger partial charge in [-0.25, -0.2) is 9.78 Å². The van der Waals surface area contributed by atoms with Crippen molar-refractivity contribution in [2.24, 2.45) is 0 Å². The largest absolute Gasteiger partial charge is 0.497 e. The summed E-state index contributed by atoms with van der Waals surface area (Å²) in [6.07, 6.45) is 0.698. The molecule has 2 amide bonds. The van der Waals surface area contributed by atoms with Gasteiger partial charge in [-0.1, -0.05) is 38.1 Å². The van der Waals surface area contributed by atoms with E-state index < -0.39 is 0 Å². The summed E-state index contributed by atoms with van der Waals surface area (Å²) < 4.78 is 9.86. The maximum absolute atomic E-state index is 12.2. The first-order chi connectivity index (χ1) is 17.0. The van der Waals surface area contributed by atoms with Gasteiger partial charge in [0, 0.05) is 62.9 Å². The van der Waals surface area contributed by atoms with Crippen molar-refractivity contribution in [3.05, 3.63) is 65.5 Å². The molecule has 1 aliphatic rings. The SMILES string of the molecule is COc1cccc(Cc2nsc(N3CCN(CCNC(=O)Nc4ccc(C(C)C)cc4)CC3)n2)c1. The number of anilines is 2. The van der Waals surface area contributed by atoms with Gasteiger partial charge in [-0.15, -0.1) is 0 Å². The Morgan fingerprint density at radius 2 is 1.89 bits per heavy atom. The molecule has 3 aromatic rings. The van der Waals surface area contributed by atoms with E-state index in [1.54, 1.807) is 7.11 Å². The monoisotopic (exact) mass is 494 g/mol.